The van der Waals surface area contributed by atoms with E-state index in [0.717, 1.165) is 6.54 Å². The molecule has 1 nitrogen and oxygen atoms in total. The Morgan fingerprint density at radius 2 is 1.71 bits per heavy atom. The molecule has 1 aromatic carbocycles. The van der Waals surface area contributed by atoms with Crippen molar-refractivity contribution in [3.05, 3.63) is 34.9 Å². The van der Waals surface area contributed by atoms with Crippen molar-refractivity contribution in [2.75, 3.05) is 6.54 Å². The molecule has 1 aromatic rings. The van der Waals surface area contributed by atoms with E-state index in [9.17, 15) is 0 Å². The first-order valence-corrected chi connectivity index (χ1v) is 6.91. The summed E-state index contributed by atoms with van der Waals surface area (Å²) in [6, 6.07) is 7.11. The summed E-state index contributed by atoms with van der Waals surface area (Å²) in [7, 11) is 0. The van der Waals surface area contributed by atoms with Crippen molar-refractivity contribution in [1.29, 1.82) is 0 Å². The predicted molar refractivity (Wildman–Crippen MR) is 76.4 cm³/mol. The highest BCUT2D eigenvalue weighted by atomic mass is 14.9. The van der Waals surface area contributed by atoms with Crippen LogP contribution in [0.2, 0.25) is 0 Å². The molecule has 0 saturated carbocycles. The zero-order valence-corrected chi connectivity index (χ0v) is 12.0. The summed E-state index contributed by atoms with van der Waals surface area (Å²) in [5.41, 5.74) is 4.34. The second-order valence-corrected chi connectivity index (χ2v) is 5.12. The van der Waals surface area contributed by atoms with Crippen LogP contribution in [0.5, 0.6) is 0 Å². The fourth-order valence-electron chi connectivity index (χ4n) is 2.44. The molecule has 0 aliphatic rings. The summed E-state index contributed by atoms with van der Waals surface area (Å²) >= 11 is 0. The average molecular weight is 233 g/mol. The molecule has 0 spiro atoms. The largest absolute Gasteiger partial charge is 0.310 e. The lowest BCUT2D eigenvalue weighted by molar-refractivity contribution is 0.374. The van der Waals surface area contributed by atoms with Crippen molar-refractivity contribution in [3.8, 4) is 0 Å². The maximum absolute atomic E-state index is 3.72. The summed E-state index contributed by atoms with van der Waals surface area (Å²) < 4.78 is 0. The van der Waals surface area contributed by atoms with Gasteiger partial charge in [-0.25, -0.2) is 0 Å². The van der Waals surface area contributed by atoms with E-state index in [0.29, 0.717) is 12.0 Å². The second-order valence-electron chi connectivity index (χ2n) is 5.12. The molecule has 1 rings (SSSR count). The molecule has 0 saturated heterocycles. The van der Waals surface area contributed by atoms with Crippen molar-refractivity contribution >= 4 is 0 Å². The zero-order chi connectivity index (χ0) is 12.8. The van der Waals surface area contributed by atoms with Gasteiger partial charge >= 0.3 is 0 Å². The molecule has 2 unspecified atom stereocenters. The molecule has 0 bridgehead atoms. The molecule has 0 fully saturated rings. The van der Waals surface area contributed by atoms with E-state index >= 15 is 0 Å². The van der Waals surface area contributed by atoms with Gasteiger partial charge in [-0.1, -0.05) is 45.4 Å². The molecule has 2 atom stereocenters. The van der Waals surface area contributed by atoms with Crippen LogP contribution in [0.1, 0.15) is 56.3 Å². The van der Waals surface area contributed by atoms with E-state index in [2.05, 4.69) is 58.1 Å². The van der Waals surface area contributed by atoms with E-state index in [4.69, 9.17) is 0 Å². The fourth-order valence-corrected chi connectivity index (χ4v) is 2.44. The molecule has 0 heterocycles. The number of aryl methyl sites for hydroxylation is 2. The number of nitrogens with one attached hydrogen (secondary N) is 1. The Morgan fingerprint density at radius 3 is 2.18 bits per heavy atom. The van der Waals surface area contributed by atoms with Gasteiger partial charge in [-0.15, -0.1) is 0 Å². The number of hydrogen-bond donors (Lipinski definition) is 1. The van der Waals surface area contributed by atoms with Gasteiger partial charge in [-0.05, 0) is 49.4 Å². The van der Waals surface area contributed by atoms with Crippen LogP contribution < -0.4 is 5.32 Å². The summed E-state index contributed by atoms with van der Waals surface area (Å²) in [5, 5.41) is 3.72. The van der Waals surface area contributed by atoms with Crippen molar-refractivity contribution in [2.45, 2.75) is 53.5 Å². The molecular formula is C16H27N. The minimum atomic E-state index is 0.501. The molecule has 1 heteroatoms. The Labute approximate surface area is 107 Å². The van der Waals surface area contributed by atoms with Crippen LogP contribution in [0.3, 0.4) is 0 Å². The maximum atomic E-state index is 3.72. The third-order valence-corrected chi connectivity index (χ3v) is 3.68. The monoisotopic (exact) mass is 233 g/mol. The third-order valence-electron chi connectivity index (χ3n) is 3.68. The lowest BCUT2D eigenvalue weighted by Crippen LogP contribution is -2.28. The first kappa shape index (κ1) is 14.2. The topological polar surface area (TPSA) is 12.0 Å². The quantitative estimate of drug-likeness (QED) is 0.768. The zero-order valence-electron chi connectivity index (χ0n) is 12.0. The average Bonchev–Trinajstić information content (AvgIpc) is 2.32. The van der Waals surface area contributed by atoms with Crippen molar-refractivity contribution in [3.63, 3.8) is 0 Å². The first-order valence-electron chi connectivity index (χ1n) is 6.91. The molecule has 1 N–H and O–H groups in total. The summed E-state index contributed by atoms with van der Waals surface area (Å²) in [6.45, 7) is 12.4. The smallest absolute Gasteiger partial charge is 0.0351 e. The molecule has 0 radical (unpaired) electrons. The minimum absolute atomic E-state index is 0.501. The number of hydrogen-bond acceptors (Lipinski definition) is 1. The molecule has 0 aliphatic carbocycles. The van der Waals surface area contributed by atoms with E-state index in [1.165, 1.54) is 29.5 Å². The first-order chi connectivity index (χ1) is 8.11. The van der Waals surface area contributed by atoms with Crippen LogP contribution in [0.15, 0.2) is 18.2 Å². The summed E-state index contributed by atoms with van der Waals surface area (Å²) in [5.74, 6) is 0.682. The van der Waals surface area contributed by atoms with Crippen LogP contribution in [0, 0.1) is 19.8 Å². The van der Waals surface area contributed by atoms with Gasteiger partial charge in [0.1, 0.15) is 0 Å². The number of benzene rings is 1. The van der Waals surface area contributed by atoms with E-state index in [-0.39, 0.29) is 0 Å². The van der Waals surface area contributed by atoms with Crippen LogP contribution >= 0.6 is 0 Å². The van der Waals surface area contributed by atoms with E-state index in [1.807, 2.05) is 0 Å². The molecule has 0 aliphatic heterocycles. The highest BCUT2D eigenvalue weighted by Crippen LogP contribution is 2.29. The van der Waals surface area contributed by atoms with Gasteiger partial charge in [0, 0.05) is 6.04 Å². The lowest BCUT2D eigenvalue weighted by atomic mass is 9.87. The third kappa shape index (κ3) is 3.57. The fraction of sp³-hybridized carbons (Fsp3) is 0.625. The summed E-state index contributed by atoms with van der Waals surface area (Å²) in [4.78, 5) is 0. The van der Waals surface area contributed by atoms with Crippen LogP contribution in [0.25, 0.3) is 0 Å². The van der Waals surface area contributed by atoms with Gasteiger partial charge in [0.25, 0.3) is 0 Å². The second kappa shape index (κ2) is 6.80. The van der Waals surface area contributed by atoms with Crippen LogP contribution in [-0.4, -0.2) is 6.54 Å². The summed E-state index contributed by atoms with van der Waals surface area (Å²) in [6.07, 6.45) is 2.41. The van der Waals surface area contributed by atoms with E-state index in [1.54, 1.807) is 0 Å². The Kier molecular flexibility index (Phi) is 5.70. The van der Waals surface area contributed by atoms with Gasteiger partial charge in [-0.3, -0.25) is 0 Å². The molecule has 0 amide bonds. The highest BCUT2D eigenvalue weighted by Gasteiger charge is 2.20. The van der Waals surface area contributed by atoms with Crippen LogP contribution in [-0.2, 0) is 0 Å². The molecule has 96 valence electrons. The van der Waals surface area contributed by atoms with Gasteiger partial charge < -0.3 is 5.32 Å². The lowest BCUT2D eigenvalue weighted by Gasteiger charge is -2.28. The Bertz CT molecular complexity index is 323. The Morgan fingerprint density at radius 1 is 1.12 bits per heavy atom. The molecular weight excluding hydrogens is 206 g/mol. The predicted octanol–water partition coefficient (Wildman–Crippen LogP) is 4.39. The van der Waals surface area contributed by atoms with E-state index < -0.39 is 0 Å². The molecule has 0 aromatic heterocycles. The normalized spacial score (nSPS) is 14.6. The number of rotatable bonds is 6. The van der Waals surface area contributed by atoms with Gasteiger partial charge in [0.05, 0.1) is 0 Å². The van der Waals surface area contributed by atoms with Crippen molar-refractivity contribution < 1.29 is 0 Å². The van der Waals surface area contributed by atoms with Crippen LogP contribution in [0.4, 0.5) is 0 Å². The van der Waals surface area contributed by atoms with Gasteiger partial charge in [-0.2, -0.15) is 0 Å². The maximum Gasteiger partial charge on any atom is 0.0351 e. The molecule has 17 heavy (non-hydrogen) atoms. The van der Waals surface area contributed by atoms with Crippen molar-refractivity contribution in [1.82, 2.24) is 5.32 Å². The van der Waals surface area contributed by atoms with Gasteiger partial charge in [0.15, 0.2) is 0 Å². The Balaban J connectivity index is 3.03. The SMILES string of the molecule is CCCNC(c1c(C)cccc1C)C(C)CC. The van der Waals surface area contributed by atoms with Gasteiger partial charge in [0.2, 0.25) is 0 Å². The Hall–Kier alpha value is -0.820. The standard InChI is InChI=1S/C16H27N/c1-6-11-17-16(12(3)7-2)15-13(4)9-8-10-14(15)5/h8-10,12,16-17H,6-7,11H2,1-5H3. The minimum Gasteiger partial charge on any atom is -0.310 e. The highest BCUT2D eigenvalue weighted by molar-refractivity contribution is 5.36. The van der Waals surface area contributed by atoms with Crippen molar-refractivity contribution in [2.24, 2.45) is 5.92 Å².